The first-order valence-corrected chi connectivity index (χ1v) is 12.1. The Labute approximate surface area is 155 Å². The summed E-state index contributed by atoms with van der Waals surface area (Å²) < 4.78 is 0.552. The molecule has 24 heavy (non-hydrogen) atoms. The second kappa shape index (κ2) is 5.45. The Morgan fingerprint density at radius 2 is 1.75 bits per heavy atom. The summed E-state index contributed by atoms with van der Waals surface area (Å²) in [5.74, 6) is 5.49. The van der Waals surface area contributed by atoms with E-state index in [0.29, 0.717) is 14.9 Å². The van der Waals surface area contributed by atoms with E-state index < -0.39 is 0 Å². The molecule has 1 nitrogen and oxygen atoms in total. The van der Waals surface area contributed by atoms with Gasteiger partial charge in [-0.1, -0.05) is 25.5 Å². The molecule has 1 aliphatic heterocycles. The fourth-order valence-electron chi connectivity index (χ4n) is 7.53. The molecule has 4 aliphatic carbocycles. The molecular weight excluding hydrogens is 332 g/mol. The Balaban J connectivity index is 1.49. The van der Waals surface area contributed by atoms with E-state index in [2.05, 4.69) is 43.4 Å². The quantitative estimate of drug-likeness (QED) is 0.574. The SMILES string of the molecule is C[C@]12CC[C@H](O)CC1=CC[C@@H]1[C@@H]2CC[C@@]2(C)[C@H]1CCC21SCCS1. The van der Waals surface area contributed by atoms with Gasteiger partial charge >= 0.3 is 0 Å². The summed E-state index contributed by atoms with van der Waals surface area (Å²) in [6, 6.07) is 0. The Morgan fingerprint density at radius 3 is 2.54 bits per heavy atom. The zero-order valence-corrected chi connectivity index (χ0v) is 16.9. The number of thioether (sulfide) groups is 2. The van der Waals surface area contributed by atoms with E-state index in [-0.39, 0.29) is 6.10 Å². The molecule has 1 N–H and O–H groups in total. The van der Waals surface area contributed by atoms with Gasteiger partial charge in [-0.25, -0.2) is 0 Å². The van der Waals surface area contributed by atoms with Crippen molar-refractivity contribution in [3.05, 3.63) is 11.6 Å². The van der Waals surface area contributed by atoms with Gasteiger partial charge in [0.1, 0.15) is 0 Å². The van der Waals surface area contributed by atoms with Crippen LogP contribution in [0.5, 0.6) is 0 Å². The predicted octanol–water partition coefficient (Wildman–Crippen LogP) is 5.49. The number of hydrogen-bond acceptors (Lipinski definition) is 3. The van der Waals surface area contributed by atoms with Gasteiger partial charge in [0.25, 0.3) is 0 Å². The highest BCUT2D eigenvalue weighted by Gasteiger charge is 2.65. The van der Waals surface area contributed by atoms with E-state index in [1.165, 1.54) is 50.0 Å². The van der Waals surface area contributed by atoms with Gasteiger partial charge in [0.05, 0.1) is 10.2 Å². The van der Waals surface area contributed by atoms with Crippen LogP contribution >= 0.6 is 23.5 Å². The second-order valence-corrected chi connectivity index (χ2v) is 12.6. The lowest BCUT2D eigenvalue weighted by Gasteiger charge is -2.59. The van der Waals surface area contributed by atoms with Gasteiger partial charge in [-0.15, -0.1) is 23.5 Å². The molecule has 1 spiro atoms. The average Bonchev–Trinajstić information content (AvgIpc) is 3.15. The smallest absolute Gasteiger partial charge is 0.0667 e. The van der Waals surface area contributed by atoms with Crippen molar-refractivity contribution < 1.29 is 5.11 Å². The van der Waals surface area contributed by atoms with Crippen molar-refractivity contribution in [1.29, 1.82) is 0 Å². The van der Waals surface area contributed by atoms with Gasteiger partial charge in [0.2, 0.25) is 0 Å². The first kappa shape index (κ1) is 16.6. The zero-order valence-electron chi connectivity index (χ0n) is 15.2. The van der Waals surface area contributed by atoms with E-state index in [9.17, 15) is 5.11 Å². The number of rotatable bonds is 0. The Morgan fingerprint density at radius 1 is 1.00 bits per heavy atom. The molecule has 0 aromatic carbocycles. The van der Waals surface area contributed by atoms with Gasteiger partial charge in [0, 0.05) is 11.5 Å². The van der Waals surface area contributed by atoms with E-state index in [1.807, 2.05) is 0 Å². The van der Waals surface area contributed by atoms with Crippen molar-refractivity contribution in [3.8, 4) is 0 Å². The minimum absolute atomic E-state index is 0.0734. The third-order valence-corrected chi connectivity index (χ3v) is 12.9. The van der Waals surface area contributed by atoms with Crippen LogP contribution in [0.3, 0.4) is 0 Å². The van der Waals surface area contributed by atoms with Gasteiger partial charge in [-0.05, 0) is 80.0 Å². The highest BCUT2D eigenvalue weighted by Crippen LogP contribution is 2.73. The first-order valence-electron chi connectivity index (χ1n) is 10.1. The van der Waals surface area contributed by atoms with Crippen LogP contribution < -0.4 is 0 Å². The minimum atomic E-state index is -0.0734. The van der Waals surface area contributed by atoms with Crippen LogP contribution in [0.4, 0.5) is 0 Å². The number of hydrogen-bond donors (Lipinski definition) is 1. The molecule has 1 heterocycles. The van der Waals surface area contributed by atoms with Crippen LogP contribution in [-0.4, -0.2) is 26.8 Å². The zero-order chi connectivity index (χ0) is 16.6. The Hall–Kier alpha value is 0.400. The van der Waals surface area contributed by atoms with Crippen molar-refractivity contribution in [2.24, 2.45) is 28.6 Å². The van der Waals surface area contributed by atoms with Crippen LogP contribution in [0.15, 0.2) is 11.6 Å². The van der Waals surface area contributed by atoms with Crippen LogP contribution in [0.2, 0.25) is 0 Å². The molecule has 0 bridgehead atoms. The molecule has 0 amide bonds. The molecule has 4 fully saturated rings. The summed E-state index contributed by atoms with van der Waals surface area (Å²) in [5.41, 5.74) is 2.58. The average molecular weight is 365 g/mol. The van der Waals surface area contributed by atoms with Gasteiger partial charge in [-0.2, -0.15) is 0 Å². The number of aliphatic hydroxyl groups excluding tert-OH is 1. The van der Waals surface area contributed by atoms with Crippen molar-refractivity contribution in [3.63, 3.8) is 0 Å². The molecule has 1 saturated heterocycles. The molecule has 5 aliphatic rings. The third-order valence-electron chi connectivity index (χ3n) is 8.88. The van der Waals surface area contributed by atoms with E-state index in [0.717, 1.165) is 30.6 Å². The molecule has 6 atom stereocenters. The largest absolute Gasteiger partial charge is 0.393 e. The van der Waals surface area contributed by atoms with E-state index in [1.54, 1.807) is 5.57 Å². The molecule has 3 saturated carbocycles. The van der Waals surface area contributed by atoms with Crippen molar-refractivity contribution in [2.75, 3.05) is 11.5 Å². The van der Waals surface area contributed by atoms with Gasteiger partial charge < -0.3 is 5.11 Å². The summed E-state index contributed by atoms with van der Waals surface area (Å²) in [4.78, 5) is 0. The topological polar surface area (TPSA) is 20.2 Å². The first-order chi connectivity index (χ1) is 11.5. The predicted molar refractivity (Wildman–Crippen MR) is 105 cm³/mol. The van der Waals surface area contributed by atoms with Crippen molar-refractivity contribution in [1.82, 2.24) is 0 Å². The lowest BCUT2D eigenvalue weighted by molar-refractivity contribution is -0.0368. The number of aliphatic hydroxyl groups is 1. The number of allylic oxidation sites excluding steroid dienone is 1. The lowest BCUT2D eigenvalue weighted by Crippen LogP contribution is -2.52. The molecule has 5 rings (SSSR count). The van der Waals surface area contributed by atoms with Gasteiger partial charge in [0.15, 0.2) is 0 Å². The lowest BCUT2D eigenvalue weighted by atomic mass is 9.48. The summed E-state index contributed by atoms with van der Waals surface area (Å²) >= 11 is 4.63. The van der Waals surface area contributed by atoms with Crippen molar-refractivity contribution >= 4 is 23.5 Å². The monoisotopic (exact) mass is 364 g/mol. The highest BCUT2D eigenvalue weighted by atomic mass is 32.2. The van der Waals surface area contributed by atoms with E-state index >= 15 is 0 Å². The Kier molecular flexibility index (Phi) is 3.76. The van der Waals surface area contributed by atoms with Crippen LogP contribution in [0, 0.1) is 28.6 Å². The maximum Gasteiger partial charge on any atom is 0.0667 e. The van der Waals surface area contributed by atoms with E-state index in [4.69, 9.17) is 0 Å². The highest BCUT2D eigenvalue weighted by molar-refractivity contribution is 8.21. The Bertz CT molecular complexity index is 566. The molecule has 3 heteroatoms. The minimum Gasteiger partial charge on any atom is -0.393 e. The molecule has 0 radical (unpaired) electrons. The molecule has 0 aromatic heterocycles. The molecular formula is C21H32OS2. The maximum atomic E-state index is 10.1. The van der Waals surface area contributed by atoms with Crippen LogP contribution in [0.25, 0.3) is 0 Å². The summed E-state index contributed by atoms with van der Waals surface area (Å²) in [6.07, 6.45) is 12.8. The normalized spacial score (nSPS) is 52.5. The van der Waals surface area contributed by atoms with Crippen LogP contribution in [0.1, 0.15) is 65.2 Å². The maximum absolute atomic E-state index is 10.1. The third kappa shape index (κ3) is 2.01. The summed E-state index contributed by atoms with van der Waals surface area (Å²) in [7, 11) is 0. The summed E-state index contributed by atoms with van der Waals surface area (Å²) in [5, 5.41) is 10.1. The van der Waals surface area contributed by atoms with Gasteiger partial charge in [-0.3, -0.25) is 0 Å². The fraction of sp³-hybridized carbons (Fsp3) is 0.905. The molecule has 134 valence electrons. The standard InChI is InChI=1S/C21H32OS2/c1-19-8-5-15(22)13-14(19)3-4-16-17(19)6-9-20(2)18(16)7-10-21(20)23-11-12-24-21/h3,15-18,22H,4-13H2,1-2H3/t15-,16+,17-,18-,19-,20-/m0/s1. The molecule has 0 aromatic rings. The van der Waals surface area contributed by atoms with Crippen LogP contribution in [-0.2, 0) is 0 Å². The molecule has 0 unspecified atom stereocenters. The fourth-order valence-corrected chi connectivity index (χ4v) is 11.4. The van der Waals surface area contributed by atoms with Crippen molar-refractivity contribution in [2.45, 2.75) is 75.4 Å². The second-order valence-electron chi connectivity index (χ2n) is 9.60. The number of fused-ring (bicyclic) bond motifs is 6. The summed E-state index contributed by atoms with van der Waals surface area (Å²) in [6.45, 7) is 5.21.